The molecule has 30 heavy (non-hydrogen) atoms. The van der Waals surface area contributed by atoms with Gasteiger partial charge in [-0.2, -0.15) is 4.31 Å². The second-order valence-electron chi connectivity index (χ2n) is 7.50. The van der Waals surface area contributed by atoms with Crippen LogP contribution in [0.15, 0.2) is 35.6 Å². The first-order valence-electron chi connectivity index (χ1n) is 10.1. The Kier molecular flexibility index (Phi) is 6.07. The summed E-state index contributed by atoms with van der Waals surface area (Å²) < 4.78 is 33.2. The van der Waals surface area contributed by atoms with Gasteiger partial charge in [0.15, 0.2) is 5.82 Å². The lowest BCUT2D eigenvalue weighted by molar-refractivity contribution is -0.134. The number of carbonyl (C=O) groups is 1. The minimum atomic E-state index is -3.73. The zero-order valence-corrected chi connectivity index (χ0v) is 17.7. The van der Waals surface area contributed by atoms with Gasteiger partial charge in [-0.25, -0.2) is 18.4 Å². The minimum Gasteiger partial charge on any atom is -0.378 e. The molecule has 1 unspecified atom stereocenters. The van der Waals surface area contributed by atoms with E-state index in [4.69, 9.17) is 4.74 Å². The van der Waals surface area contributed by atoms with Gasteiger partial charge in [0.25, 0.3) is 0 Å². The summed E-state index contributed by atoms with van der Waals surface area (Å²) in [4.78, 5) is 26.9. The van der Waals surface area contributed by atoms with Gasteiger partial charge >= 0.3 is 0 Å². The molecule has 0 aromatic carbocycles. The molecule has 0 spiro atoms. The fourth-order valence-corrected chi connectivity index (χ4v) is 5.32. The van der Waals surface area contributed by atoms with Crippen LogP contribution in [0.25, 0.3) is 11.4 Å². The molecule has 2 saturated heterocycles. The van der Waals surface area contributed by atoms with Crippen molar-refractivity contribution in [3.8, 4) is 11.4 Å². The number of rotatable bonds is 5. The summed E-state index contributed by atoms with van der Waals surface area (Å²) in [5.74, 6) is 0.485. The second-order valence-corrected chi connectivity index (χ2v) is 9.41. The third-order valence-electron chi connectivity index (χ3n) is 5.51. The highest BCUT2D eigenvalue weighted by Crippen LogP contribution is 2.23. The molecule has 9 nitrogen and oxygen atoms in total. The molecule has 0 saturated carbocycles. The Labute approximate surface area is 176 Å². The molecule has 0 N–H and O–H groups in total. The molecule has 2 fully saturated rings. The molecule has 0 radical (unpaired) electrons. The second kappa shape index (κ2) is 8.75. The maximum Gasteiger partial charge on any atom is 0.246 e. The van der Waals surface area contributed by atoms with E-state index in [1.54, 1.807) is 36.4 Å². The SMILES string of the molecule is Cc1nc(-c2ccncc2)ncc1S(=O)(=O)N1CCN(C(=O)CC2CCCO2)CC1. The molecule has 2 aromatic rings. The van der Waals surface area contributed by atoms with Crippen molar-refractivity contribution in [2.75, 3.05) is 32.8 Å². The van der Waals surface area contributed by atoms with Crippen molar-refractivity contribution in [1.82, 2.24) is 24.2 Å². The van der Waals surface area contributed by atoms with Gasteiger partial charge in [-0.3, -0.25) is 9.78 Å². The minimum absolute atomic E-state index is 0.00188. The molecule has 4 heterocycles. The van der Waals surface area contributed by atoms with Gasteiger partial charge < -0.3 is 9.64 Å². The maximum atomic E-state index is 13.1. The van der Waals surface area contributed by atoms with Crippen LogP contribution in [0.5, 0.6) is 0 Å². The first-order chi connectivity index (χ1) is 14.4. The molecule has 10 heteroatoms. The van der Waals surface area contributed by atoms with Crippen LogP contribution < -0.4 is 0 Å². The van der Waals surface area contributed by atoms with Crippen LogP contribution in [0.4, 0.5) is 0 Å². The number of ether oxygens (including phenoxy) is 1. The van der Waals surface area contributed by atoms with Crippen LogP contribution in [0.3, 0.4) is 0 Å². The largest absolute Gasteiger partial charge is 0.378 e. The number of carbonyl (C=O) groups excluding carboxylic acids is 1. The van der Waals surface area contributed by atoms with E-state index in [0.717, 1.165) is 18.4 Å². The zero-order chi connectivity index (χ0) is 21.1. The number of amides is 1. The standard InChI is InChI=1S/C20H25N5O4S/c1-15-18(14-22-20(23-15)16-4-6-21-7-5-16)30(27,28)25-10-8-24(9-11-25)19(26)13-17-3-2-12-29-17/h4-7,14,17H,2-3,8-13H2,1H3. The van der Waals surface area contributed by atoms with Crippen LogP contribution in [-0.4, -0.2) is 77.4 Å². The molecular formula is C20H25N5O4S. The fourth-order valence-electron chi connectivity index (χ4n) is 3.80. The zero-order valence-electron chi connectivity index (χ0n) is 16.9. The van der Waals surface area contributed by atoms with Gasteiger partial charge in [0.1, 0.15) is 4.90 Å². The highest BCUT2D eigenvalue weighted by atomic mass is 32.2. The Bertz CT molecular complexity index is 1000. The van der Waals surface area contributed by atoms with Crippen molar-refractivity contribution in [3.05, 3.63) is 36.4 Å². The molecule has 1 atom stereocenters. The lowest BCUT2D eigenvalue weighted by Gasteiger charge is -2.34. The van der Waals surface area contributed by atoms with Gasteiger partial charge in [-0.1, -0.05) is 0 Å². The summed E-state index contributed by atoms with van der Waals surface area (Å²) in [5.41, 5.74) is 1.17. The molecule has 0 bridgehead atoms. The number of pyridine rings is 1. The molecule has 0 aliphatic carbocycles. The predicted molar refractivity (Wildman–Crippen MR) is 109 cm³/mol. The Morgan fingerprint density at radius 3 is 2.57 bits per heavy atom. The van der Waals surface area contributed by atoms with Gasteiger partial charge in [0.2, 0.25) is 15.9 Å². The quantitative estimate of drug-likeness (QED) is 0.701. The van der Waals surface area contributed by atoms with Crippen LogP contribution in [0.1, 0.15) is 25.0 Å². The number of hydrogen-bond acceptors (Lipinski definition) is 7. The van der Waals surface area contributed by atoms with E-state index in [-0.39, 0.29) is 30.0 Å². The van der Waals surface area contributed by atoms with Crippen molar-refractivity contribution in [2.24, 2.45) is 0 Å². The van der Waals surface area contributed by atoms with Crippen molar-refractivity contribution >= 4 is 15.9 Å². The lowest BCUT2D eigenvalue weighted by atomic mass is 10.1. The van der Waals surface area contributed by atoms with Crippen molar-refractivity contribution < 1.29 is 17.9 Å². The van der Waals surface area contributed by atoms with Crippen LogP contribution >= 0.6 is 0 Å². The lowest BCUT2D eigenvalue weighted by Crippen LogP contribution is -2.51. The van der Waals surface area contributed by atoms with E-state index >= 15 is 0 Å². The Morgan fingerprint density at radius 1 is 1.20 bits per heavy atom. The summed E-state index contributed by atoms with van der Waals surface area (Å²) in [5, 5.41) is 0. The predicted octanol–water partition coefficient (Wildman–Crippen LogP) is 1.25. The number of aromatic nitrogens is 3. The van der Waals surface area contributed by atoms with Crippen molar-refractivity contribution in [1.29, 1.82) is 0 Å². The van der Waals surface area contributed by atoms with E-state index in [9.17, 15) is 13.2 Å². The van der Waals surface area contributed by atoms with E-state index < -0.39 is 10.0 Å². The summed E-state index contributed by atoms with van der Waals surface area (Å²) in [6.07, 6.45) is 6.91. The summed E-state index contributed by atoms with van der Waals surface area (Å²) in [6.45, 7) is 3.64. The number of aryl methyl sites for hydroxylation is 1. The Balaban J connectivity index is 1.42. The fraction of sp³-hybridized carbons (Fsp3) is 0.500. The van der Waals surface area contributed by atoms with Crippen molar-refractivity contribution in [2.45, 2.75) is 37.2 Å². The topological polar surface area (TPSA) is 106 Å². The average molecular weight is 432 g/mol. The third kappa shape index (κ3) is 4.35. The van der Waals surface area contributed by atoms with Crippen LogP contribution in [0.2, 0.25) is 0 Å². The maximum absolute atomic E-state index is 13.1. The van der Waals surface area contributed by atoms with Crippen LogP contribution in [-0.2, 0) is 19.6 Å². The molecule has 2 aromatic heterocycles. The molecule has 2 aliphatic heterocycles. The number of nitrogens with zero attached hydrogens (tertiary/aromatic N) is 5. The number of sulfonamides is 1. The highest BCUT2D eigenvalue weighted by Gasteiger charge is 2.32. The third-order valence-corrected chi connectivity index (χ3v) is 7.51. The first-order valence-corrected chi connectivity index (χ1v) is 11.5. The van der Waals surface area contributed by atoms with Crippen molar-refractivity contribution in [3.63, 3.8) is 0 Å². The monoisotopic (exact) mass is 431 g/mol. The molecule has 160 valence electrons. The normalized spacial score (nSPS) is 20.4. The van der Waals surface area contributed by atoms with Crippen LogP contribution in [0, 0.1) is 6.92 Å². The molecule has 2 aliphatic rings. The smallest absolute Gasteiger partial charge is 0.246 e. The van der Waals surface area contributed by atoms with Gasteiger partial charge in [-0.15, -0.1) is 0 Å². The van der Waals surface area contributed by atoms with E-state index in [0.29, 0.717) is 37.6 Å². The summed E-state index contributed by atoms with van der Waals surface area (Å²) in [6, 6.07) is 3.55. The molecule has 1 amide bonds. The Hall–Kier alpha value is -2.43. The number of hydrogen-bond donors (Lipinski definition) is 0. The average Bonchev–Trinajstić information content (AvgIpc) is 3.27. The van der Waals surface area contributed by atoms with E-state index in [1.165, 1.54) is 10.5 Å². The van der Waals surface area contributed by atoms with Gasteiger partial charge in [0, 0.05) is 50.7 Å². The number of piperazine rings is 1. The molecular weight excluding hydrogens is 406 g/mol. The summed E-state index contributed by atoms with van der Waals surface area (Å²) in [7, 11) is -3.73. The highest BCUT2D eigenvalue weighted by molar-refractivity contribution is 7.89. The van der Waals surface area contributed by atoms with E-state index in [2.05, 4.69) is 15.0 Å². The van der Waals surface area contributed by atoms with E-state index in [1.807, 2.05) is 0 Å². The van der Waals surface area contributed by atoms with Gasteiger partial charge in [-0.05, 0) is 31.9 Å². The molecule has 4 rings (SSSR count). The summed E-state index contributed by atoms with van der Waals surface area (Å²) >= 11 is 0. The van der Waals surface area contributed by atoms with Gasteiger partial charge in [0.05, 0.1) is 24.4 Å². The Morgan fingerprint density at radius 2 is 1.93 bits per heavy atom. The first kappa shape index (κ1) is 20.8.